The van der Waals surface area contributed by atoms with E-state index >= 15 is 0 Å². The number of nitrogens with zero attached hydrogens (tertiary/aromatic N) is 4. The third kappa shape index (κ3) is 2.94. The largest absolute Gasteiger partial charge is 0.339 e. The normalized spacial score (nSPS) is 15.2. The molecule has 2 amide bonds. The molecule has 2 heterocycles. The maximum absolute atomic E-state index is 12.8. The van der Waals surface area contributed by atoms with Gasteiger partial charge in [0, 0.05) is 51.8 Å². The Morgan fingerprint density at radius 1 is 0.920 bits per heavy atom. The minimum absolute atomic E-state index is 0.0240. The summed E-state index contributed by atoms with van der Waals surface area (Å²) < 4.78 is 3.12. The molecule has 7 nitrogen and oxygen atoms in total. The van der Waals surface area contributed by atoms with Gasteiger partial charge in [-0.15, -0.1) is 0 Å². The lowest BCUT2D eigenvalue weighted by Gasteiger charge is -2.35. The molecule has 1 aliphatic heterocycles. The highest BCUT2D eigenvalue weighted by molar-refractivity contribution is 5.97. The lowest BCUT2D eigenvalue weighted by Crippen LogP contribution is -2.51. The fourth-order valence-electron chi connectivity index (χ4n) is 3.32. The van der Waals surface area contributed by atoms with E-state index in [0.29, 0.717) is 31.7 Å². The second kappa shape index (κ2) is 6.38. The second-order valence-corrected chi connectivity index (χ2v) is 6.88. The van der Waals surface area contributed by atoms with Crippen molar-refractivity contribution in [3.8, 4) is 0 Å². The Kier molecular flexibility index (Phi) is 4.41. The van der Waals surface area contributed by atoms with Gasteiger partial charge >= 0.3 is 5.69 Å². The summed E-state index contributed by atoms with van der Waals surface area (Å²) in [5.41, 5.74) is 2.00. The Balaban J connectivity index is 1.78. The second-order valence-electron chi connectivity index (χ2n) is 6.88. The van der Waals surface area contributed by atoms with Crippen LogP contribution in [0.25, 0.3) is 11.0 Å². The van der Waals surface area contributed by atoms with Crippen molar-refractivity contribution in [2.45, 2.75) is 13.8 Å². The van der Waals surface area contributed by atoms with Crippen LogP contribution in [0.5, 0.6) is 0 Å². The number of hydrogen-bond donors (Lipinski definition) is 0. The highest BCUT2D eigenvalue weighted by Gasteiger charge is 2.26. The molecule has 0 N–H and O–H groups in total. The number of imidazole rings is 1. The van der Waals surface area contributed by atoms with Crippen molar-refractivity contribution in [3.63, 3.8) is 0 Å². The Bertz CT molecular complexity index is 886. The van der Waals surface area contributed by atoms with Gasteiger partial charge in [-0.3, -0.25) is 18.7 Å². The summed E-state index contributed by atoms with van der Waals surface area (Å²) in [6.45, 7) is 5.97. The topological polar surface area (TPSA) is 67.6 Å². The summed E-state index contributed by atoms with van der Waals surface area (Å²) in [4.78, 5) is 40.4. The highest BCUT2D eigenvalue weighted by Crippen LogP contribution is 2.17. The Hall–Kier alpha value is -2.57. The fraction of sp³-hybridized carbons (Fsp3) is 0.500. The van der Waals surface area contributed by atoms with Crippen LogP contribution < -0.4 is 5.69 Å². The number of hydrogen-bond acceptors (Lipinski definition) is 3. The number of piperazine rings is 1. The predicted molar refractivity (Wildman–Crippen MR) is 95.5 cm³/mol. The molecule has 1 aromatic heterocycles. The van der Waals surface area contributed by atoms with Crippen molar-refractivity contribution < 1.29 is 9.59 Å². The van der Waals surface area contributed by atoms with Gasteiger partial charge in [-0.1, -0.05) is 13.8 Å². The number of carbonyl (C=O) groups excluding carboxylic acids is 2. The van der Waals surface area contributed by atoms with Gasteiger partial charge in [0.05, 0.1) is 11.0 Å². The van der Waals surface area contributed by atoms with E-state index in [1.165, 1.54) is 0 Å². The van der Waals surface area contributed by atoms with Gasteiger partial charge < -0.3 is 9.80 Å². The van der Waals surface area contributed by atoms with Crippen LogP contribution in [0.1, 0.15) is 24.2 Å². The molecule has 0 spiro atoms. The van der Waals surface area contributed by atoms with Gasteiger partial charge in [-0.25, -0.2) is 4.79 Å². The molecular formula is C18H24N4O3. The van der Waals surface area contributed by atoms with E-state index in [9.17, 15) is 14.4 Å². The predicted octanol–water partition coefficient (Wildman–Crippen LogP) is 0.817. The fourth-order valence-corrected chi connectivity index (χ4v) is 3.32. The first-order chi connectivity index (χ1) is 11.8. The van der Waals surface area contributed by atoms with Crippen LogP contribution in [-0.4, -0.2) is 56.9 Å². The first-order valence-electron chi connectivity index (χ1n) is 8.54. The quantitative estimate of drug-likeness (QED) is 0.810. The molecule has 1 aromatic carbocycles. The van der Waals surface area contributed by atoms with Gasteiger partial charge in [-0.05, 0) is 18.2 Å². The van der Waals surface area contributed by atoms with Crippen LogP contribution in [0.3, 0.4) is 0 Å². The van der Waals surface area contributed by atoms with Crippen LogP contribution in [0.2, 0.25) is 0 Å². The molecule has 1 aliphatic rings. The summed E-state index contributed by atoms with van der Waals surface area (Å²) in [5, 5.41) is 0. The smallest absolute Gasteiger partial charge is 0.328 e. The molecule has 1 fully saturated rings. The maximum atomic E-state index is 12.8. The van der Waals surface area contributed by atoms with Gasteiger partial charge in [0.15, 0.2) is 0 Å². The average Bonchev–Trinajstić information content (AvgIpc) is 2.84. The van der Waals surface area contributed by atoms with E-state index in [1.807, 2.05) is 24.8 Å². The van der Waals surface area contributed by atoms with Crippen molar-refractivity contribution >= 4 is 22.8 Å². The summed E-state index contributed by atoms with van der Waals surface area (Å²) >= 11 is 0. The third-order valence-electron chi connectivity index (χ3n) is 4.89. The Morgan fingerprint density at radius 2 is 1.48 bits per heavy atom. The molecule has 0 unspecified atom stereocenters. The molecule has 134 valence electrons. The Morgan fingerprint density at radius 3 is 2.08 bits per heavy atom. The standard InChI is InChI=1S/C18H24N4O3/c1-12(2)16(23)21-7-9-22(10-8-21)17(24)13-5-6-14-15(11-13)20(4)18(25)19(14)3/h5-6,11-12H,7-10H2,1-4H3. The van der Waals surface area contributed by atoms with Crippen LogP contribution in [0.15, 0.2) is 23.0 Å². The van der Waals surface area contributed by atoms with Gasteiger partial charge in [0.25, 0.3) is 5.91 Å². The van der Waals surface area contributed by atoms with E-state index in [1.54, 1.807) is 40.3 Å². The minimum Gasteiger partial charge on any atom is -0.339 e. The zero-order chi connectivity index (χ0) is 18.3. The molecule has 0 bridgehead atoms. The molecule has 1 saturated heterocycles. The molecule has 3 rings (SSSR count). The molecule has 0 aliphatic carbocycles. The van der Waals surface area contributed by atoms with Crippen LogP contribution in [0, 0.1) is 5.92 Å². The van der Waals surface area contributed by atoms with Crippen LogP contribution >= 0.6 is 0 Å². The van der Waals surface area contributed by atoms with E-state index in [2.05, 4.69) is 0 Å². The number of benzene rings is 1. The van der Waals surface area contributed by atoms with Crippen LogP contribution in [0.4, 0.5) is 0 Å². The average molecular weight is 344 g/mol. The Labute approximate surface area is 146 Å². The number of aryl methyl sites for hydroxylation is 2. The van der Waals surface area contributed by atoms with Crippen molar-refractivity contribution in [1.82, 2.24) is 18.9 Å². The van der Waals surface area contributed by atoms with Gasteiger partial charge in [0.2, 0.25) is 5.91 Å². The monoisotopic (exact) mass is 344 g/mol. The third-order valence-corrected chi connectivity index (χ3v) is 4.89. The van der Waals surface area contributed by atoms with Crippen LogP contribution in [-0.2, 0) is 18.9 Å². The summed E-state index contributed by atoms with van der Waals surface area (Å²) in [5.74, 6) is 0.0479. The van der Waals surface area contributed by atoms with E-state index < -0.39 is 0 Å². The lowest BCUT2D eigenvalue weighted by atomic mass is 10.1. The van der Waals surface area contributed by atoms with Crippen molar-refractivity contribution in [2.75, 3.05) is 26.2 Å². The van der Waals surface area contributed by atoms with Crippen molar-refractivity contribution in [1.29, 1.82) is 0 Å². The molecule has 0 atom stereocenters. The molecule has 25 heavy (non-hydrogen) atoms. The first kappa shape index (κ1) is 17.3. The molecule has 0 saturated carbocycles. The zero-order valence-corrected chi connectivity index (χ0v) is 15.2. The SMILES string of the molecule is CC(C)C(=O)N1CCN(C(=O)c2ccc3c(c2)n(C)c(=O)n3C)CC1. The minimum atomic E-state index is -0.111. The van der Waals surface area contributed by atoms with Crippen molar-refractivity contribution in [2.24, 2.45) is 20.0 Å². The van der Waals surface area contributed by atoms with Gasteiger partial charge in [-0.2, -0.15) is 0 Å². The molecule has 0 radical (unpaired) electrons. The lowest BCUT2D eigenvalue weighted by molar-refractivity contribution is -0.135. The molecule has 2 aromatic rings. The number of carbonyl (C=O) groups is 2. The number of amides is 2. The zero-order valence-electron chi connectivity index (χ0n) is 15.2. The highest BCUT2D eigenvalue weighted by atomic mass is 16.2. The molecule has 7 heteroatoms. The van der Waals surface area contributed by atoms with E-state index in [4.69, 9.17) is 0 Å². The van der Waals surface area contributed by atoms with E-state index in [-0.39, 0.29) is 23.4 Å². The number of rotatable bonds is 2. The first-order valence-corrected chi connectivity index (χ1v) is 8.54. The number of aromatic nitrogens is 2. The molecular weight excluding hydrogens is 320 g/mol. The number of fused-ring (bicyclic) bond motifs is 1. The van der Waals surface area contributed by atoms with Gasteiger partial charge in [0.1, 0.15) is 0 Å². The van der Waals surface area contributed by atoms with Crippen molar-refractivity contribution in [3.05, 3.63) is 34.2 Å². The summed E-state index contributed by atoms with van der Waals surface area (Å²) in [6.07, 6.45) is 0. The maximum Gasteiger partial charge on any atom is 0.328 e. The summed E-state index contributed by atoms with van der Waals surface area (Å²) in [6, 6.07) is 5.34. The van der Waals surface area contributed by atoms with E-state index in [0.717, 1.165) is 11.0 Å². The summed E-state index contributed by atoms with van der Waals surface area (Å²) in [7, 11) is 3.42.